The van der Waals surface area contributed by atoms with Crippen molar-refractivity contribution in [3.8, 4) is 0 Å². The van der Waals surface area contributed by atoms with Gasteiger partial charge in [0.15, 0.2) is 5.84 Å². The van der Waals surface area contributed by atoms with E-state index >= 15 is 0 Å². The van der Waals surface area contributed by atoms with Gasteiger partial charge in [-0.25, -0.2) is 0 Å². The van der Waals surface area contributed by atoms with Gasteiger partial charge >= 0.3 is 0 Å². The molecule has 0 saturated heterocycles. The first-order valence-electron chi connectivity index (χ1n) is 6.09. The molecule has 0 saturated carbocycles. The minimum Gasteiger partial charge on any atom is -0.409 e. The summed E-state index contributed by atoms with van der Waals surface area (Å²) in [6.07, 6.45) is 2.08. The monoisotopic (exact) mass is 299 g/mol. The summed E-state index contributed by atoms with van der Waals surface area (Å²) in [7, 11) is 2.03. The lowest BCUT2D eigenvalue weighted by Gasteiger charge is -2.23. The summed E-state index contributed by atoms with van der Waals surface area (Å²) in [6.45, 7) is 3.01. The maximum absolute atomic E-state index is 8.99. The van der Waals surface area contributed by atoms with Gasteiger partial charge in [-0.05, 0) is 24.1 Å². The van der Waals surface area contributed by atoms with Crippen molar-refractivity contribution in [2.75, 3.05) is 36.3 Å². The largest absolute Gasteiger partial charge is 0.409 e. The van der Waals surface area contributed by atoms with E-state index in [1.807, 2.05) is 25.2 Å². The highest BCUT2D eigenvalue weighted by Gasteiger charge is 2.15. The molecule has 0 aliphatic rings. The molecule has 0 unspecified atom stereocenters. The van der Waals surface area contributed by atoms with Crippen LogP contribution in [0, 0.1) is 0 Å². The third-order valence-corrected chi connectivity index (χ3v) is 4.24. The van der Waals surface area contributed by atoms with Gasteiger partial charge in [0.05, 0.1) is 5.56 Å². The summed E-state index contributed by atoms with van der Waals surface area (Å²) in [5, 5.41) is 12.2. The highest BCUT2D eigenvalue weighted by Crippen LogP contribution is 2.30. The third kappa shape index (κ3) is 4.24. The fourth-order valence-corrected chi connectivity index (χ4v) is 3.07. The molecule has 3 N–H and O–H groups in total. The first-order valence-corrected chi connectivity index (χ1v) is 8.47. The van der Waals surface area contributed by atoms with E-state index in [-0.39, 0.29) is 5.84 Å². The second-order valence-electron chi connectivity index (χ2n) is 3.98. The molecule has 0 radical (unpaired) electrons. The molecule has 0 fully saturated rings. The molecule has 6 heteroatoms. The zero-order chi connectivity index (χ0) is 14.3. The Labute approximate surface area is 123 Å². The molecule has 4 nitrogen and oxygen atoms in total. The van der Waals surface area contributed by atoms with E-state index in [1.54, 1.807) is 23.5 Å². The van der Waals surface area contributed by atoms with Gasteiger partial charge in [-0.15, -0.1) is 11.8 Å². The molecule has 1 aromatic rings. The second-order valence-corrected chi connectivity index (χ2v) is 6.27. The van der Waals surface area contributed by atoms with E-state index < -0.39 is 0 Å². The van der Waals surface area contributed by atoms with Crippen LogP contribution in [0.2, 0.25) is 0 Å². The fourth-order valence-electron chi connectivity index (χ4n) is 1.77. The molecule has 106 valence electrons. The second kappa shape index (κ2) is 8.22. The molecule has 0 heterocycles. The van der Waals surface area contributed by atoms with E-state index in [2.05, 4.69) is 23.2 Å². The van der Waals surface area contributed by atoms with E-state index in [0.717, 1.165) is 34.2 Å². The van der Waals surface area contributed by atoms with Crippen LogP contribution in [-0.4, -0.2) is 42.4 Å². The molecule has 1 aromatic carbocycles. The zero-order valence-electron chi connectivity index (χ0n) is 11.6. The molecule has 19 heavy (non-hydrogen) atoms. The average Bonchev–Trinajstić information content (AvgIpc) is 2.44. The van der Waals surface area contributed by atoms with Crippen LogP contribution in [0.5, 0.6) is 0 Å². The molecule has 0 atom stereocenters. The van der Waals surface area contributed by atoms with E-state index in [0.29, 0.717) is 0 Å². The van der Waals surface area contributed by atoms with Crippen LogP contribution in [-0.2, 0) is 0 Å². The first kappa shape index (κ1) is 16.0. The minimum absolute atomic E-state index is 0.169. The molecular weight excluding hydrogens is 278 g/mol. The highest BCUT2D eigenvalue weighted by atomic mass is 32.2. The Bertz CT molecular complexity index is 438. The number of hydrogen-bond donors (Lipinski definition) is 2. The van der Waals surface area contributed by atoms with Gasteiger partial charge in [0.2, 0.25) is 0 Å². The lowest BCUT2D eigenvalue weighted by atomic mass is 10.1. The van der Waals surface area contributed by atoms with Crippen LogP contribution in [0.1, 0.15) is 12.5 Å². The van der Waals surface area contributed by atoms with Crippen LogP contribution in [0.25, 0.3) is 0 Å². The number of rotatable bonds is 7. The SMILES string of the molecule is CCSc1cccc(N(C)CCSC)c1/C(N)=N/O. The topological polar surface area (TPSA) is 61.8 Å². The summed E-state index contributed by atoms with van der Waals surface area (Å²) in [6, 6.07) is 6.03. The van der Waals surface area contributed by atoms with Gasteiger partial charge in [0.25, 0.3) is 0 Å². The Kier molecular flexibility index (Phi) is 6.94. The Morgan fingerprint density at radius 1 is 1.47 bits per heavy atom. The normalized spacial score (nSPS) is 11.6. The maximum Gasteiger partial charge on any atom is 0.173 e. The molecule has 0 spiro atoms. The van der Waals surface area contributed by atoms with Gasteiger partial charge in [-0.2, -0.15) is 11.8 Å². The lowest BCUT2D eigenvalue weighted by molar-refractivity contribution is 0.318. The summed E-state index contributed by atoms with van der Waals surface area (Å²) in [4.78, 5) is 3.19. The lowest BCUT2D eigenvalue weighted by Crippen LogP contribution is -2.25. The Morgan fingerprint density at radius 3 is 2.79 bits per heavy atom. The number of thioether (sulfide) groups is 2. The van der Waals surface area contributed by atoms with Gasteiger partial charge in [-0.1, -0.05) is 18.1 Å². The number of anilines is 1. The van der Waals surface area contributed by atoms with Crippen LogP contribution in [0.15, 0.2) is 28.3 Å². The van der Waals surface area contributed by atoms with Crippen LogP contribution >= 0.6 is 23.5 Å². The molecule has 0 bridgehead atoms. The summed E-state index contributed by atoms with van der Waals surface area (Å²) < 4.78 is 0. The Hall–Kier alpha value is -1.01. The summed E-state index contributed by atoms with van der Waals surface area (Å²) >= 11 is 3.50. The molecule has 0 aliphatic carbocycles. The Morgan fingerprint density at radius 2 is 2.21 bits per heavy atom. The molecule has 1 rings (SSSR count). The van der Waals surface area contributed by atoms with Gasteiger partial charge < -0.3 is 15.8 Å². The average molecular weight is 299 g/mol. The van der Waals surface area contributed by atoms with Crippen molar-refractivity contribution in [1.82, 2.24) is 0 Å². The molecule has 0 aromatic heterocycles. The standard InChI is InChI=1S/C13H21N3OS2/c1-4-19-11-7-5-6-10(12(11)13(14)15-17)16(2)8-9-18-3/h5-7,17H,4,8-9H2,1-3H3,(H2,14,15). The smallest absolute Gasteiger partial charge is 0.173 e. The predicted molar refractivity (Wildman–Crippen MR) is 87.0 cm³/mol. The van der Waals surface area contributed by atoms with Crippen molar-refractivity contribution < 1.29 is 5.21 Å². The van der Waals surface area contributed by atoms with Gasteiger partial charge in [0.1, 0.15) is 0 Å². The number of oxime groups is 1. The predicted octanol–water partition coefficient (Wildman–Crippen LogP) is 2.69. The van der Waals surface area contributed by atoms with Crippen molar-refractivity contribution >= 4 is 35.0 Å². The number of amidine groups is 1. The quantitative estimate of drug-likeness (QED) is 0.266. The maximum atomic E-state index is 8.99. The number of hydrogen-bond acceptors (Lipinski definition) is 5. The molecule has 0 aliphatic heterocycles. The highest BCUT2D eigenvalue weighted by molar-refractivity contribution is 7.99. The van der Waals surface area contributed by atoms with Crippen molar-refractivity contribution in [2.24, 2.45) is 10.9 Å². The van der Waals surface area contributed by atoms with Crippen LogP contribution in [0.3, 0.4) is 0 Å². The van der Waals surface area contributed by atoms with Crippen molar-refractivity contribution in [1.29, 1.82) is 0 Å². The fraction of sp³-hybridized carbons (Fsp3) is 0.462. The molecule has 0 amide bonds. The van der Waals surface area contributed by atoms with Crippen molar-refractivity contribution in [3.63, 3.8) is 0 Å². The van der Waals surface area contributed by atoms with E-state index in [9.17, 15) is 0 Å². The number of nitrogens with zero attached hydrogens (tertiary/aromatic N) is 2. The van der Waals surface area contributed by atoms with Crippen molar-refractivity contribution in [3.05, 3.63) is 23.8 Å². The van der Waals surface area contributed by atoms with E-state index in [4.69, 9.17) is 10.9 Å². The number of benzene rings is 1. The minimum atomic E-state index is 0.169. The Balaban J connectivity index is 3.18. The van der Waals surface area contributed by atoms with Crippen LogP contribution < -0.4 is 10.6 Å². The summed E-state index contributed by atoms with van der Waals surface area (Å²) in [5.74, 6) is 2.16. The summed E-state index contributed by atoms with van der Waals surface area (Å²) in [5.41, 5.74) is 7.67. The van der Waals surface area contributed by atoms with Gasteiger partial charge in [-0.3, -0.25) is 0 Å². The first-order chi connectivity index (χ1) is 9.15. The molecular formula is C13H21N3OS2. The van der Waals surface area contributed by atoms with Crippen LogP contribution in [0.4, 0.5) is 5.69 Å². The zero-order valence-corrected chi connectivity index (χ0v) is 13.2. The van der Waals surface area contributed by atoms with Crippen molar-refractivity contribution in [2.45, 2.75) is 11.8 Å². The van der Waals surface area contributed by atoms with Gasteiger partial charge in [0, 0.05) is 29.9 Å². The van der Waals surface area contributed by atoms with E-state index in [1.165, 1.54) is 0 Å². The third-order valence-electron chi connectivity index (χ3n) is 2.71. The number of nitrogens with two attached hydrogens (primary N) is 1.